The summed E-state index contributed by atoms with van der Waals surface area (Å²) in [5.41, 5.74) is 0.733. The molecule has 0 radical (unpaired) electrons. The average Bonchev–Trinajstić information content (AvgIpc) is 3.00. The van der Waals surface area contributed by atoms with Gasteiger partial charge in [0.05, 0.1) is 15.1 Å². The molecule has 7 heteroatoms. The van der Waals surface area contributed by atoms with Crippen molar-refractivity contribution in [1.29, 1.82) is 0 Å². The molecule has 0 bridgehead atoms. The monoisotopic (exact) mass is 366 g/mol. The van der Waals surface area contributed by atoms with Gasteiger partial charge in [-0.15, -0.1) is 22.7 Å². The van der Waals surface area contributed by atoms with Gasteiger partial charge in [0.2, 0.25) is 0 Å². The highest BCUT2D eigenvalue weighted by Gasteiger charge is 2.09. The van der Waals surface area contributed by atoms with E-state index in [-0.39, 0.29) is 5.69 Å². The summed E-state index contributed by atoms with van der Waals surface area (Å²) >= 11 is 6.56. The maximum atomic E-state index is 10.7. The molecule has 20 heavy (non-hydrogen) atoms. The van der Waals surface area contributed by atoms with Crippen LogP contribution in [-0.4, -0.2) is 9.91 Å². The second-order valence-corrected chi connectivity index (χ2v) is 6.88. The van der Waals surface area contributed by atoms with Gasteiger partial charge in [-0.3, -0.25) is 10.1 Å². The van der Waals surface area contributed by atoms with E-state index in [4.69, 9.17) is 0 Å². The molecule has 3 rings (SSSR count). The molecule has 0 spiro atoms. The van der Waals surface area contributed by atoms with Crippen molar-refractivity contribution in [3.63, 3.8) is 0 Å². The van der Waals surface area contributed by atoms with Gasteiger partial charge in [0.15, 0.2) is 0 Å². The highest BCUT2D eigenvalue weighted by molar-refractivity contribution is 9.10. The van der Waals surface area contributed by atoms with E-state index in [1.807, 2.05) is 23.6 Å². The SMILES string of the molecule is O=[N+]([O-])c1ccc2sc(/C=C/c3cc(Br)cs3)nc2c1. The van der Waals surface area contributed by atoms with Crippen LogP contribution in [0.1, 0.15) is 9.88 Å². The molecule has 2 heterocycles. The molecule has 0 aliphatic rings. The number of thiophene rings is 1. The maximum Gasteiger partial charge on any atom is 0.271 e. The van der Waals surface area contributed by atoms with Gasteiger partial charge < -0.3 is 0 Å². The number of nitro benzene ring substituents is 1. The predicted molar refractivity (Wildman–Crippen MR) is 87.2 cm³/mol. The third-order valence-corrected chi connectivity index (χ3v) is 5.24. The Morgan fingerprint density at radius 3 is 2.85 bits per heavy atom. The Bertz CT molecular complexity index is 823. The van der Waals surface area contributed by atoms with Crippen molar-refractivity contribution in [3.8, 4) is 0 Å². The molecule has 4 nitrogen and oxygen atoms in total. The number of non-ortho nitro benzene ring substituents is 1. The number of rotatable bonds is 3. The van der Waals surface area contributed by atoms with Crippen molar-refractivity contribution in [2.24, 2.45) is 0 Å². The summed E-state index contributed by atoms with van der Waals surface area (Å²) in [5, 5.41) is 13.6. The predicted octanol–water partition coefficient (Wildman–Crippen LogP) is 5.20. The molecule has 1 aromatic carbocycles. The zero-order valence-corrected chi connectivity index (χ0v) is 13.2. The lowest BCUT2D eigenvalue weighted by Crippen LogP contribution is -1.86. The van der Waals surface area contributed by atoms with Crippen LogP contribution in [-0.2, 0) is 0 Å². The summed E-state index contributed by atoms with van der Waals surface area (Å²) in [6, 6.07) is 6.78. The third kappa shape index (κ3) is 2.79. The summed E-state index contributed by atoms with van der Waals surface area (Å²) in [7, 11) is 0. The molecule has 0 aliphatic heterocycles. The Labute approximate surface area is 130 Å². The minimum Gasteiger partial charge on any atom is -0.258 e. The number of aromatic nitrogens is 1. The number of benzene rings is 1. The van der Waals surface area contributed by atoms with Gasteiger partial charge in [-0.2, -0.15) is 0 Å². The second kappa shape index (κ2) is 5.43. The highest BCUT2D eigenvalue weighted by atomic mass is 79.9. The molecule has 0 saturated heterocycles. The van der Waals surface area contributed by atoms with E-state index >= 15 is 0 Å². The molecule has 2 aromatic heterocycles. The van der Waals surface area contributed by atoms with Crippen molar-refractivity contribution in [2.45, 2.75) is 0 Å². The highest BCUT2D eigenvalue weighted by Crippen LogP contribution is 2.28. The number of fused-ring (bicyclic) bond motifs is 1. The first-order valence-corrected chi connectivity index (χ1v) is 8.08. The lowest BCUT2D eigenvalue weighted by molar-refractivity contribution is -0.384. The van der Waals surface area contributed by atoms with Crippen molar-refractivity contribution in [2.75, 3.05) is 0 Å². The van der Waals surface area contributed by atoms with E-state index < -0.39 is 4.92 Å². The Kier molecular flexibility index (Phi) is 3.64. The first-order valence-electron chi connectivity index (χ1n) is 5.59. The normalized spacial score (nSPS) is 11.4. The molecule has 0 atom stereocenters. The average molecular weight is 367 g/mol. The molecule has 3 aromatic rings. The van der Waals surface area contributed by atoms with Crippen molar-refractivity contribution >= 4 is 66.7 Å². The van der Waals surface area contributed by atoms with Crippen LogP contribution in [0, 0.1) is 10.1 Å². The topological polar surface area (TPSA) is 56.0 Å². The molecule has 0 N–H and O–H groups in total. The van der Waals surface area contributed by atoms with Crippen LogP contribution in [0.15, 0.2) is 34.1 Å². The van der Waals surface area contributed by atoms with E-state index in [1.165, 1.54) is 23.5 Å². The number of nitro groups is 1. The summed E-state index contributed by atoms with van der Waals surface area (Å²) < 4.78 is 2.00. The van der Waals surface area contributed by atoms with Crippen LogP contribution >= 0.6 is 38.6 Å². The van der Waals surface area contributed by atoms with Gasteiger partial charge in [-0.25, -0.2) is 4.98 Å². The molecule has 0 fully saturated rings. The first-order chi connectivity index (χ1) is 9.61. The minimum atomic E-state index is -0.405. The Balaban J connectivity index is 1.92. The molecule has 0 amide bonds. The number of nitrogens with zero attached hydrogens (tertiary/aromatic N) is 2. The van der Waals surface area contributed by atoms with Crippen LogP contribution < -0.4 is 0 Å². The molecule has 0 aliphatic carbocycles. The lowest BCUT2D eigenvalue weighted by atomic mass is 10.3. The van der Waals surface area contributed by atoms with Gasteiger partial charge in [0, 0.05) is 26.9 Å². The van der Waals surface area contributed by atoms with E-state index in [9.17, 15) is 10.1 Å². The number of thiazole rings is 1. The summed E-state index contributed by atoms with van der Waals surface area (Å²) in [6.07, 6.45) is 3.91. The van der Waals surface area contributed by atoms with Crippen LogP contribution in [0.2, 0.25) is 0 Å². The zero-order valence-electron chi connectivity index (χ0n) is 9.95. The van der Waals surface area contributed by atoms with Crippen molar-refractivity contribution < 1.29 is 4.92 Å². The maximum absolute atomic E-state index is 10.7. The summed E-state index contributed by atoms with van der Waals surface area (Å²) in [4.78, 5) is 15.8. The fraction of sp³-hybridized carbons (Fsp3) is 0. The van der Waals surface area contributed by atoms with Crippen LogP contribution in [0.25, 0.3) is 22.4 Å². The molecular formula is C13H7BrN2O2S2. The van der Waals surface area contributed by atoms with E-state index in [0.717, 1.165) is 19.1 Å². The Hall–Kier alpha value is -1.57. The quantitative estimate of drug-likeness (QED) is 0.472. The van der Waals surface area contributed by atoms with Gasteiger partial charge >= 0.3 is 0 Å². The Morgan fingerprint density at radius 2 is 2.15 bits per heavy atom. The fourth-order valence-electron chi connectivity index (χ4n) is 1.69. The number of hydrogen-bond donors (Lipinski definition) is 0. The minimum absolute atomic E-state index is 0.0699. The largest absolute Gasteiger partial charge is 0.271 e. The van der Waals surface area contributed by atoms with Gasteiger partial charge in [0.25, 0.3) is 5.69 Å². The summed E-state index contributed by atoms with van der Waals surface area (Å²) in [6.45, 7) is 0. The van der Waals surface area contributed by atoms with Gasteiger partial charge in [0.1, 0.15) is 5.01 Å². The van der Waals surface area contributed by atoms with Crippen LogP contribution in [0.3, 0.4) is 0 Å². The van der Waals surface area contributed by atoms with Crippen LogP contribution in [0.4, 0.5) is 5.69 Å². The molecule has 0 saturated carbocycles. The fourth-order valence-corrected chi connectivity index (χ4v) is 3.88. The standard InChI is InChI=1S/C13H7BrN2O2S2/c14-8-5-10(19-7-8)2-4-13-15-11-6-9(16(17)18)1-3-12(11)20-13/h1-7H/b4-2+. The number of halogens is 1. The first kappa shape index (κ1) is 13.4. The molecular weight excluding hydrogens is 360 g/mol. The molecule has 0 unspecified atom stereocenters. The third-order valence-electron chi connectivity index (χ3n) is 2.58. The van der Waals surface area contributed by atoms with E-state index in [2.05, 4.69) is 20.9 Å². The summed E-state index contributed by atoms with van der Waals surface area (Å²) in [5.74, 6) is 0. The van der Waals surface area contributed by atoms with Crippen LogP contribution in [0.5, 0.6) is 0 Å². The van der Waals surface area contributed by atoms with Crippen molar-refractivity contribution in [3.05, 3.63) is 54.1 Å². The lowest BCUT2D eigenvalue weighted by Gasteiger charge is -1.89. The van der Waals surface area contributed by atoms with E-state index in [1.54, 1.807) is 17.4 Å². The van der Waals surface area contributed by atoms with E-state index in [0.29, 0.717) is 5.52 Å². The van der Waals surface area contributed by atoms with Gasteiger partial charge in [-0.1, -0.05) is 0 Å². The molecule has 100 valence electrons. The zero-order chi connectivity index (χ0) is 14.1. The smallest absolute Gasteiger partial charge is 0.258 e. The Morgan fingerprint density at radius 1 is 1.30 bits per heavy atom. The van der Waals surface area contributed by atoms with Crippen molar-refractivity contribution in [1.82, 2.24) is 4.98 Å². The van der Waals surface area contributed by atoms with Gasteiger partial charge in [-0.05, 0) is 40.2 Å². The second-order valence-electron chi connectivity index (χ2n) is 3.96. The number of hydrogen-bond acceptors (Lipinski definition) is 5.